The van der Waals surface area contributed by atoms with Gasteiger partial charge in [-0.25, -0.2) is 0 Å². The molecule has 0 aliphatic carbocycles. The van der Waals surface area contributed by atoms with Crippen LogP contribution >= 0.6 is 0 Å². The zero-order chi connectivity index (χ0) is 13.5. The third kappa shape index (κ3) is 3.55. The number of hydrogen-bond donors (Lipinski definition) is 1. The molecule has 0 unspecified atom stereocenters. The van der Waals surface area contributed by atoms with Crippen LogP contribution in [0.2, 0.25) is 0 Å². The normalized spacial score (nSPS) is 9.94. The molecule has 0 bridgehead atoms. The minimum atomic E-state index is -0.0461. The molecule has 0 atom stereocenters. The summed E-state index contributed by atoms with van der Waals surface area (Å²) < 4.78 is 10.4. The average molecular weight is 252 g/mol. The van der Waals surface area contributed by atoms with E-state index in [-0.39, 0.29) is 12.5 Å². The van der Waals surface area contributed by atoms with Crippen molar-refractivity contribution in [2.45, 2.75) is 13.8 Å². The average Bonchev–Trinajstić information content (AvgIpc) is 2.38. The fourth-order valence-corrected chi connectivity index (χ4v) is 1.59. The van der Waals surface area contributed by atoms with E-state index < -0.39 is 0 Å². The van der Waals surface area contributed by atoms with E-state index in [4.69, 9.17) is 15.2 Å². The van der Waals surface area contributed by atoms with Crippen molar-refractivity contribution >= 4 is 11.6 Å². The molecular weight excluding hydrogens is 232 g/mol. The van der Waals surface area contributed by atoms with Crippen LogP contribution in [0.4, 0.5) is 5.69 Å². The summed E-state index contributed by atoms with van der Waals surface area (Å²) in [6.45, 7) is 5.22. The van der Waals surface area contributed by atoms with Crippen molar-refractivity contribution in [3.8, 4) is 11.5 Å². The van der Waals surface area contributed by atoms with Gasteiger partial charge in [-0.3, -0.25) is 4.79 Å². The first-order valence-electron chi connectivity index (χ1n) is 5.96. The monoisotopic (exact) mass is 252 g/mol. The molecule has 18 heavy (non-hydrogen) atoms. The highest BCUT2D eigenvalue weighted by Crippen LogP contribution is 2.26. The predicted octanol–water partition coefficient (Wildman–Crippen LogP) is 1.52. The summed E-state index contributed by atoms with van der Waals surface area (Å²) in [4.78, 5) is 13.5. The van der Waals surface area contributed by atoms with Gasteiger partial charge in [0.25, 0.3) is 5.91 Å². The SMILES string of the molecule is CCN(CC)C(=O)COc1ccc(OC)cc1N. The lowest BCUT2D eigenvalue weighted by molar-refractivity contribution is -0.132. The van der Waals surface area contributed by atoms with Gasteiger partial charge in [-0.15, -0.1) is 0 Å². The van der Waals surface area contributed by atoms with Gasteiger partial charge in [0.05, 0.1) is 12.8 Å². The molecule has 5 nitrogen and oxygen atoms in total. The fourth-order valence-electron chi connectivity index (χ4n) is 1.59. The zero-order valence-electron chi connectivity index (χ0n) is 11.1. The van der Waals surface area contributed by atoms with E-state index in [1.807, 2.05) is 13.8 Å². The maximum atomic E-state index is 11.7. The topological polar surface area (TPSA) is 64.8 Å². The number of nitrogens with zero attached hydrogens (tertiary/aromatic N) is 1. The summed E-state index contributed by atoms with van der Waals surface area (Å²) in [5.74, 6) is 1.11. The van der Waals surface area contributed by atoms with Gasteiger partial charge >= 0.3 is 0 Å². The summed E-state index contributed by atoms with van der Waals surface area (Å²) in [6.07, 6.45) is 0. The minimum Gasteiger partial charge on any atom is -0.497 e. The number of benzene rings is 1. The molecule has 1 aromatic rings. The molecule has 1 rings (SSSR count). The van der Waals surface area contributed by atoms with Gasteiger partial charge in [-0.2, -0.15) is 0 Å². The van der Waals surface area contributed by atoms with Gasteiger partial charge in [-0.1, -0.05) is 0 Å². The number of hydrogen-bond acceptors (Lipinski definition) is 4. The number of nitrogen functional groups attached to an aromatic ring is 1. The largest absolute Gasteiger partial charge is 0.497 e. The first-order valence-corrected chi connectivity index (χ1v) is 5.96. The molecule has 0 fully saturated rings. The maximum absolute atomic E-state index is 11.7. The lowest BCUT2D eigenvalue weighted by Crippen LogP contribution is -2.34. The summed E-state index contributed by atoms with van der Waals surface area (Å²) in [5, 5.41) is 0. The van der Waals surface area contributed by atoms with Crippen LogP contribution in [0.5, 0.6) is 11.5 Å². The van der Waals surface area contributed by atoms with Crippen molar-refractivity contribution < 1.29 is 14.3 Å². The van der Waals surface area contributed by atoms with Crippen LogP contribution < -0.4 is 15.2 Å². The molecule has 1 amide bonds. The zero-order valence-corrected chi connectivity index (χ0v) is 11.1. The van der Waals surface area contributed by atoms with E-state index >= 15 is 0 Å². The number of rotatable bonds is 6. The minimum absolute atomic E-state index is 0.00178. The van der Waals surface area contributed by atoms with Gasteiger partial charge in [0.15, 0.2) is 6.61 Å². The summed E-state index contributed by atoms with van der Waals surface area (Å²) in [7, 11) is 1.57. The number of amides is 1. The van der Waals surface area contributed by atoms with E-state index in [1.54, 1.807) is 30.2 Å². The number of methoxy groups -OCH3 is 1. The molecule has 5 heteroatoms. The fraction of sp³-hybridized carbons (Fsp3) is 0.462. The van der Waals surface area contributed by atoms with E-state index in [0.29, 0.717) is 30.3 Å². The van der Waals surface area contributed by atoms with Crippen molar-refractivity contribution in [2.75, 3.05) is 32.5 Å². The highest BCUT2D eigenvalue weighted by Gasteiger charge is 2.11. The Labute approximate surface area is 107 Å². The number of carbonyl (C=O) groups is 1. The first-order chi connectivity index (χ1) is 8.62. The van der Waals surface area contributed by atoms with Crippen molar-refractivity contribution in [1.29, 1.82) is 0 Å². The Morgan fingerprint density at radius 1 is 1.33 bits per heavy atom. The summed E-state index contributed by atoms with van der Waals surface area (Å²) in [6, 6.07) is 5.11. The quantitative estimate of drug-likeness (QED) is 0.780. The Kier molecular flexibility index (Phi) is 5.30. The van der Waals surface area contributed by atoms with Crippen LogP contribution in [-0.4, -0.2) is 37.6 Å². The first kappa shape index (κ1) is 14.2. The lowest BCUT2D eigenvalue weighted by atomic mass is 10.3. The number of nitrogens with two attached hydrogens (primary N) is 1. The number of carbonyl (C=O) groups excluding carboxylic acids is 1. The molecule has 0 aromatic heterocycles. The van der Waals surface area contributed by atoms with Crippen molar-refractivity contribution in [1.82, 2.24) is 4.90 Å². The standard InChI is InChI=1S/C13H20N2O3/c1-4-15(5-2)13(16)9-18-12-7-6-10(17-3)8-11(12)14/h6-8H,4-5,9,14H2,1-3H3. The predicted molar refractivity (Wildman–Crippen MR) is 70.8 cm³/mol. The second-order valence-electron chi connectivity index (χ2n) is 3.76. The highest BCUT2D eigenvalue weighted by atomic mass is 16.5. The molecule has 0 radical (unpaired) electrons. The molecule has 0 aliphatic heterocycles. The van der Waals surface area contributed by atoms with E-state index in [0.717, 1.165) is 0 Å². The van der Waals surface area contributed by atoms with Crippen molar-refractivity contribution in [2.24, 2.45) is 0 Å². The highest BCUT2D eigenvalue weighted by molar-refractivity contribution is 5.78. The molecule has 0 heterocycles. The lowest BCUT2D eigenvalue weighted by Gasteiger charge is -2.19. The smallest absolute Gasteiger partial charge is 0.260 e. The molecule has 0 spiro atoms. The Bertz CT molecular complexity index is 403. The second-order valence-corrected chi connectivity index (χ2v) is 3.76. The summed E-state index contributed by atoms with van der Waals surface area (Å²) >= 11 is 0. The summed E-state index contributed by atoms with van der Waals surface area (Å²) in [5.41, 5.74) is 6.25. The molecule has 2 N–H and O–H groups in total. The Hall–Kier alpha value is -1.91. The molecule has 100 valence electrons. The number of anilines is 1. The van der Waals surface area contributed by atoms with Gasteiger partial charge in [0.1, 0.15) is 11.5 Å². The van der Waals surface area contributed by atoms with Crippen LogP contribution in [0.25, 0.3) is 0 Å². The molecule has 0 aliphatic rings. The van der Waals surface area contributed by atoms with Gasteiger partial charge in [0.2, 0.25) is 0 Å². The second kappa shape index (κ2) is 6.74. The Balaban J connectivity index is 2.61. The van der Waals surface area contributed by atoms with Crippen molar-refractivity contribution in [3.63, 3.8) is 0 Å². The van der Waals surface area contributed by atoms with Gasteiger partial charge in [-0.05, 0) is 26.0 Å². The number of ether oxygens (including phenoxy) is 2. The molecular formula is C13H20N2O3. The van der Waals surface area contributed by atoms with Crippen LogP contribution in [-0.2, 0) is 4.79 Å². The number of likely N-dealkylation sites (N-methyl/N-ethyl adjacent to an activating group) is 1. The van der Waals surface area contributed by atoms with E-state index in [9.17, 15) is 4.79 Å². The van der Waals surface area contributed by atoms with E-state index in [1.165, 1.54) is 0 Å². The van der Waals surface area contributed by atoms with Crippen LogP contribution in [0.1, 0.15) is 13.8 Å². The third-order valence-corrected chi connectivity index (χ3v) is 2.68. The van der Waals surface area contributed by atoms with Crippen LogP contribution in [0.15, 0.2) is 18.2 Å². The Morgan fingerprint density at radius 2 is 2.00 bits per heavy atom. The van der Waals surface area contributed by atoms with Crippen molar-refractivity contribution in [3.05, 3.63) is 18.2 Å². The maximum Gasteiger partial charge on any atom is 0.260 e. The van der Waals surface area contributed by atoms with Crippen LogP contribution in [0.3, 0.4) is 0 Å². The van der Waals surface area contributed by atoms with Crippen LogP contribution in [0, 0.1) is 0 Å². The molecule has 0 saturated heterocycles. The molecule has 0 saturated carbocycles. The van der Waals surface area contributed by atoms with Gasteiger partial charge in [0, 0.05) is 19.2 Å². The van der Waals surface area contributed by atoms with E-state index in [2.05, 4.69) is 0 Å². The Morgan fingerprint density at radius 3 is 2.50 bits per heavy atom. The van der Waals surface area contributed by atoms with Gasteiger partial charge < -0.3 is 20.1 Å². The molecule has 1 aromatic carbocycles. The third-order valence-electron chi connectivity index (χ3n) is 2.68.